The first-order chi connectivity index (χ1) is 12.5. The van der Waals surface area contributed by atoms with Gasteiger partial charge in [-0.15, -0.1) is 0 Å². The van der Waals surface area contributed by atoms with E-state index < -0.39 is 0 Å². The van der Waals surface area contributed by atoms with Crippen molar-refractivity contribution in [2.75, 3.05) is 32.8 Å². The molecule has 2 amide bonds. The lowest BCUT2D eigenvalue weighted by Gasteiger charge is -2.23. The van der Waals surface area contributed by atoms with Crippen LogP contribution in [0.4, 0.5) is 0 Å². The third-order valence-electron chi connectivity index (χ3n) is 4.41. The summed E-state index contributed by atoms with van der Waals surface area (Å²) < 4.78 is 5.63. The minimum atomic E-state index is 0.130. The molecule has 1 aliphatic heterocycles. The Bertz CT molecular complexity index is 606. The van der Waals surface area contributed by atoms with Crippen LogP contribution in [-0.4, -0.2) is 54.4 Å². The number of benzene rings is 1. The number of ether oxygens (including phenoxy) is 1. The Balaban J connectivity index is 1.71. The molecule has 1 aromatic rings. The number of amides is 2. The molecule has 0 spiro atoms. The minimum absolute atomic E-state index is 0.130. The normalized spacial score (nSPS) is 15.1. The van der Waals surface area contributed by atoms with Gasteiger partial charge in [-0.1, -0.05) is 37.6 Å². The lowest BCUT2D eigenvalue weighted by atomic mass is 10.1. The fourth-order valence-corrected chi connectivity index (χ4v) is 3.21. The first-order valence-corrected chi connectivity index (χ1v) is 9.78. The number of carbonyl (C=O) groups is 2. The van der Waals surface area contributed by atoms with Crippen molar-refractivity contribution in [3.63, 3.8) is 0 Å². The van der Waals surface area contributed by atoms with E-state index in [2.05, 4.69) is 13.8 Å². The molecular formula is C20H29ClN2O3. The molecule has 0 unspecified atom stereocenters. The Morgan fingerprint density at radius 1 is 1.08 bits per heavy atom. The van der Waals surface area contributed by atoms with Gasteiger partial charge in [-0.05, 0) is 30.9 Å². The summed E-state index contributed by atoms with van der Waals surface area (Å²) in [5.74, 6) is 1.34. The largest absolute Gasteiger partial charge is 0.492 e. The van der Waals surface area contributed by atoms with Crippen LogP contribution in [0.15, 0.2) is 24.3 Å². The van der Waals surface area contributed by atoms with E-state index in [1.165, 1.54) is 0 Å². The highest BCUT2D eigenvalue weighted by atomic mass is 35.5. The maximum absolute atomic E-state index is 12.4. The molecule has 0 radical (unpaired) electrons. The van der Waals surface area contributed by atoms with Gasteiger partial charge in [-0.2, -0.15) is 0 Å². The molecule has 0 aromatic heterocycles. The van der Waals surface area contributed by atoms with Gasteiger partial charge in [0, 0.05) is 39.0 Å². The molecule has 6 heteroatoms. The van der Waals surface area contributed by atoms with Gasteiger partial charge in [0.2, 0.25) is 11.8 Å². The van der Waals surface area contributed by atoms with Crippen LogP contribution in [0.25, 0.3) is 0 Å². The van der Waals surface area contributed by atoms with Gasteiger partial charge >= 0.3 is 0 Å². The predicted octanol–water partition coefficient (Wildman–Crippen LogP) is 3.61. The zero-order chi connectivity index (χ0) is 18.9. The van der Waals surface area contributed by atoms with Crippen molar-refractivity contribution in [2.45, 2.75) is 39.5 Å². The summed E-state index contributed by atoms with van der Waals surface area (Å²) in [6.07, 6.45) is 2.51. The molecule has 0 aliphatic carbocycles. The Labute approximate surface area is 161 Å². The molecule has 5 nitrogen and oxygen atoms in total. The number of halogens is 1. The van der Waals surface area contributed by atoms with Crippen molar-refractivity contribution in [1.82, 2.24) is 9.80 Å². The zero-order valence-electron chi connectivity index (χ0n) is 15.7. The third kappa shape index (κ3) is 6.52. The Morgan fingerprint density at radius 3 is 2.38 bits per heavy atom. The van der Waals surface area contributed by atoms with Crippen LogP contribution in [0.1, 0.15) is 39.5 Å². The second-order valence-electron chi connectivity index (χ2n) is 7.10. The molecule has 1 heterocycles. The zero-order valence-corrected chi connectivity index (χ0v) is 16.5. The van der Waals surface area contributed by atoms with Crippen molar-refractivity contribution in [3.05, 3.63) is 29.3 Å². The SMILES string of the molecule is CC(C)CC(=O)N1CCCN(C(=O)CCCOc2ccccc2Cl)CC1. The Hall–Kier alpha value is -1.75. The second kappa shape index (κ2) is 10.4. The van der Waals surface area contributed by atoms with Gasteiger partial charge in [-0.25, -0.2) is 0 Å². The summed E-state index contributed by atoms with van der Waals surface area (Å²) in [5.41, 5.74) is 0. The Morgan fingerprint density at radius 2 is 1.73 bits per heavy atom. The van der Waals surface area contributed by atoms with Crippen molar-refractivity contribution in [3.8, 4) is 5.75 Å². The monoisotopic (exact) mass is 380 g/mol. The van der Waals surface area contributed by atoms with Crippen LogP contribution in [0.2, 0.25) is 5.02 Å². The maximum Gasteiger partial charge on any atom is 0.222 e. The number of hydrogen-bond donors (Lipinski definition) is 0. The summed E-state index contributed by atoms with van der Waals surface area (Å²) in [4.78, 5) is 28.4. The van der Waals surface area contributed by atoms with Crippen molar-refractivity contribution in [2.24, 2.45) is 5.92 Å². The van der Waals surface area contributed by atoms with Gasteiger partial charge in [0.15, 0.2) is 0 Å². The van der Waals surface area contributed by atoms with Crippen molar-refractivity contribution in [1.29, 1.82) is 0 Å². The van der Waals surface area contributed by atoms with Crippen LogP contribution in [-0.2, 0) is 9.59 Å². The first-order valence-electron chi connectivity index (χ1n) is 9.40. The lowest BCUT2D eigenvalue weighted by molar-refractivity contribution is -0.134. The fourth-order valence-electron chi connectivity index (χ4n) is 3.02. The van der Waals surface area contributed by atoms with Crippen LogP contribution < -0.4 is 4.74 Å². The van der Waals surface area contributed by atoms with Gasteiger partial charge in [-0.3, -0.25) is 9.59 Å². The first kappa shape index (κ1) is 20.6. The summed E-state index contributed by atoms with van der Waals surface area (Å²) in [6.45, 7) is 7.27. The summed E-state index contributed by atoms with van der Waals surface area (Å²) in [7, 11) is 0. The minimum Gasteiger partial charge on any atom is -0.492 e. The van der Waals surface area contributed by atoms with Crippen LogP contribution >= 0.6 is 11.6 Å². The van der Waals surface area contributed by atoms with E-state index in [0.717, 1.165) is 19.5 Å². The van der Waals surface area contributed by atoms with Crippen LogP contribution in [0, 0.1) is 5.92 Å². The predicted molar refractivity (Wildman–Crippen MR) is 103 cm³/mol. The van der Waals surface area contributed by atoms with Crippen LogP contribution in [0.3, 0.4) is 0 Å². The molecule has 2 rings (SSSR count). The van der Waals surface area contributed by atoms with Crippen molar-refractivity contribution < 1.29 is 14.3 Å². The van der Waals surface area contributed by atoms with E-state index in [9.17, 15) is 9.59 Å². The molecule has 1 saturated heterocycles. The van der Waals surface area contributed by atoms with Crippen molar-refractivity contribution >= 4 is 23.4 Å². The van der Waals surface area contributed by atoms with Gasteiger partial charge < -0.3 is 14.5 Å². The van der Waals surface area contributed by atoms with Gasteiger partial charge in [0.1, 0.15) is 5.75 Å². The van der Waals surface area contributed by atoms with E-state index in [-0.39, 0.29) is 11.8 Å². The van der Waals surface area contributed by atoms with Gasteiger partial charge in [0.25, 0.3) is 0 Å². The molecule has 0 N–H and O–H groups in total. The van der Waals surface area contributed by atoms with E-state index in [1.54, 1.807) is 6.07 Å². The van der Waals surface area contributed by atoms with E-state index >= 15 is 0 Å². The third-order valence-corrected chi connectivity index (χ3v) is 4.73. The molecule has 1 aromatic carbocycles. The van der Waals surface area contributed by atoms with Crippen LogP contribution in [0.5, 0.6) is 5.75 Å². The Kier molecular flexibility index (Phi) is 8.23. The van der Waals surface area contributed by atoms with E-state index in [4.69, 9.17) is 16.3 Å². The maximum atomic E-state index is 12.4. The summed E-state index contributed by atoms with van der Waals surface area (Å²) in [5, 5.41) is 0.581. The molecule has 0 bridgehead atoms. The second-order valence-corrected chi connectivity index (χ2v) is 7.50. The molecule has 0 atom stereocenters. The van der Waals surface area contributed by atoms with E-state index in [0.29, 0.717) is 55.6 Å². The van der Waals surface area contributed by atoms with E-state index in [1.807, 2.05) is 28.0 Å². The molecule has 1 aliphatic rings. The number of para-hydroxylation sites is 1. The summed E-state index contributed by atoms with van der Waals surface area (Å²) >= 11 is 6.04. The molecule has 1 fully saturated rings. The number of rotatable bonds is 7. The highest BCUT2D eigenvalue weighted by molar-refractivity contribution is 6.32. The standard InChI is InChI=1S/C20H29ClN2O3/c1-16(2)15-20(25)23-11-6-10-22(12-13-23)19(24)9-5-14-26-18-8-4-3-7-17(18)21/h3-4,7-8,16H,5-6,9-15H2,1-2H3. The molecule has 144 valence electrons. The smallest absolute Gasteiger partial charge is 0.222 e. The summed E-state index contributed by atoms with van der Waals surface area (Å²) in [6, 6.07) is 7.33. The highest BCUT2D eigenvalue weighted by Crippen LogP contribution is 2.23. The van der Waals surface area contributed by atoms with Gasteiger partial charge in [0.05, 0.1) is 11.6 Å². The fraction of sp³-hybridized carbons (Fsp3) is 0.600. The number of nitrogens with zero attached hydrogens (tertiary/aromatic N) is 2. The highest BCUT2D eigenvalue weighted by Gasteiger charge is 2.22. The molecule has 0 saturated carbocycles. The lowest BCUT2D eigenvalue weighted by Crippen LogP contribution is -2.37. The molecule has 26 heavy (non-hydrogen) atoms. The number of hydrogen-bond acceptors (Lipinski definition) is 3. The average Bonchev–Trinajstić information content (AvgIpc) is 2.85. The molecular weight excluding hydrogens is 352 g/mol. The topological polar surface area (TPSA) is 49.9 Å². The quantitative estimate of drug-likeness (QED) is 0.679. The average molecular weight is 381 g/mol. The number of carbonyl (C=O) groups excluding carboxylic acids is 2.